The fourth-order valence-corrected chi connectivity index (χ4v) is 3.22. The van der Waals surface area contributed by atoms with Crippen molar-refractivity contribution >= 4 is 0 Å². The Balaban J connectivity index is 1.37. The van der Waals surface area contributed by atoms with Gasteiger partial charge in [-0.2, -0.15) is 0 Å². The van der Waals surface area contributed by atoms with Gasteiger partial charge in [0.25, 0.3) is 0 Å². The first-order chi connectivity index (χ1) is 12.1. The minimum Gasteiger partial charge on any atom is -0.454 e. The lowest BCUT2D eigenvalue weighted by Crippen LogP contribution is -2.48. The Kier molecular flexibility index (Phi) is 6.53. The van der Waals surface area contributed by atoms with Crippen LogP contribution in [0, 0.1) is 5.92 Å². The lowest BCUT2D eigenvalue weighted by Gasteiger charge is -2.35. The topological polar surface area (TPSA) is 54.4 Å². The van der Waals surface area contributed by atoms with Crippen LogP contribution in [0.4, 0.5) is 0 Å². The summed E-state index contributed by atoms with van der Waals surface area (Å²) in [4.78, 5) is 4.76. The molecule has 1 atom stereocenters. The number of aliphatic hydroxyl groups excluding tert-OH is 1. The lowest BCUT2D eigenvalue weighted by atomic mass is 10.1. The number of fused-ring (bicyclic) bond motifs is 1. The number of nitrogens with zero attached hydrogens (tertiary/aromatic N) is 2. The van der Waals surface area contributed by atoms with Gasteiger partial charge in [-0.1, -0.05) is 19.9 Å². The maximum atomic E-state index is 10.1. The Morgan fingerprint density at radius 2 is 1.76 bits per heavy atom. The van der Waals surface area contributed by atoms with Gasteiger partial charge in [-0.25, -0.2) is 0 Å². The van der Waals surface area contributed by atoms with Gasteiger partial charge in [-0.3, -0.25) is 9.80 Å². The van der Waals surface area contributed by atoms with Crippen LogP contribution in [-0.4, -0.2) is 73.7 Å². The third-order valence-electron chi connectivity index (χ3n) is 4.54. The molecule has 3 rings (SSSR count). The van der Waals surface area contributed by atoms with Crippen LogP contribution < -0.4 is 9.47 Å². The molecular weight excluding hydrogens is 320 g/mol. The third-order valence-corrected chi connectivity index (χ3v) is 4.54. The molecule has 6 heteroatoms. The summed E-state index contributed by atoms with van der Waals surface area (Å²) in [5, 5.41) is 10.1. The van der Waals surface area contributed by atoms with Crippen molar-refractivity contribution < 1.29 is 19.3 Å². The Labute approximate surface area is 150 Å². The van der Waals surface area contributed by atoms with Crippen LogP contribution in [0.15, 0.2) is 18.2 Å². The SMILES string of the molecule is CC(C)COCC(O)CN1CCN(Cc2ccc3c(c2)OCO3)CC1. The molecule has 1 fully saturated rings. The van der Waals surface area contributed by atoms with Gasteiger partial charge in [0.05, 0.1) is 12.7 Å². The highest BCUT2D eigenvalue weighted by Crippen LogP contribution is 2.32. The van der Waals surface area contributed by atoms with Gasteiger partial charge in [0, 0.05) is 45.9 Å². The quantitative estimate of drug-likeness (QED) is 0.768. The van der Waals surface area contributed by atoms with Gasteiger partial charge in [0.15, 0.2) is 11.5 Å². The van der Waals surface area contributed by atoms with Crippen LogP contribution in [0.3, 0.4) is 0 Å². The molecule has 0 radical (unpaired) electrons. The van der Waals surface area contributed by atoms with E-state index < -0.39 is 6.10 Å². The molecule has 0 spiro atoms. The number of ether oxygens (including phenoxy) is 3. The normalized spacial score (nSPS) is 19.5. The molecule has 0 aromatic heterocycles. The molecule has 1 N–H and O–H groups in total. The number of rotatable bonds is 8. The third kappa shape index (κ3) is 5.57. The van der Waals surface area contributed by atoms with Crippen LogP contribution in [0.2, 0.25) is 0 Å². The first-order valence-corrected chi connectivity index (χ1v) is 9.19. The lowest BCUT2D eigenvalue weighted by molar-refractivity contribution is -0.000372. The van der Waals surface area contributed by atoms with E-state index in [1.54, 1.807) is 0 Å². The van der Waals surface area contributed by atoms with Crippen molar-refractivity contribution in [1.82, 2.24) is 9.80 Å². The van der Waals surface area contributed by atoms with Gasteiger partial charge < -0.3 is 19.3 Å². The number of β-amino-alcohol motifs (C(OH)–C–C–N with tert-alkyl or cyclic N) is 1. The molecule has 25 heavy (non-hydrogen) atoms. The molecule has 2 aliphatic rings. The van der Waals surface area contributed by atoms with E-state index >= 15 is 0 Å². The molecule has 1 aromatic carbocycles. The van der Waals surface area contributed by atoms with Crippen molar-refractivity contribution in [3.63, 3.8) is 0 Å². The highest BCUT2D eigenvalue weighted by Gasteiger charge is 2.20. The Morgan fingerprint density at radius 3 is 2.52 bits per heavy atom. The average Bonchev–Trinajstić information content (AvgIpc) is 3.04. The van der Waals surface area contributed by atoms with Gasteiger partial charge in [0.1, 0.15) is 0 Å². The predicted molar refractivity (Wildman–Crippen MR) is 95.9 cm³/mol. The van der Waals surface area contributed by atoms with Crippen molar-refractivity contribution in [1.29, 1.82) is 0 Å². The van der Waals surface area contributed by atoms with Crippen LogP contribution in [0.1, 0.15) is 19.4 Å². The molecule has 1 unspecified atom stereocenters. The summed E-state index contributed by atoms with van der Waals surface area (Å²) in [5.74, 6) is 2.19. The van der Waals surface area contributed by atoms with E-state index in [0.717, 1.165) is 44.2 Å². The van der Waals surface area contributed by atoms with Gasteiger partial charge in [0.2, 0.25) is 6.79 Å². The first kappa shape index (κ1) is 18.5. The second-order valence-corrected chi connectivity index (χ2v) is 7.35. The van der Waals surface area contributed by atoms with Crippen molar-refractivity contribution in [3.05, 3.63) is 23.8 Å². The van der Waals surface area contributed by atoms with Gasteiger partial charge >= 0.3 is 0 Å². The second-order valence-electron chi connectivity index (χ2n) is 7.35. The maximum Gasteiger partial charge on any atom is 0.231 e. The summed E-state index contributed by atoms with van der Waals surface area (Å²) in [6.07, 6.45) is -0.404. The number of aliphatic hydroxyl groups is 1. The predicted octanol–water partition coefficient (Wildman–Crippen LogP) is 1.57. The van der Waals surface area contributed by atoms with E-state index in [-0.39, 0.29) is 0 Å². The van der Waals surface area contributed by atoms with Crippen molar-refractivity contribution in [2.45, 2.75) is 26.5 Å². The van der Waals surface area contributed by atoms with Gasteiger partial charge in [-0.15, -0.1) is 0 Å². The van der Waals surface area contributed by atoms with E-state index in [4.69, 9.17) is 14.2 Å². The Morgan fingerprint density at radius 1 is 1.04 bits per heavy atom. The molecule has 2 heterocycles. The summed E-state index contributed by atoms with van der Waals surface area (Å²) < 4.78 is 16.3. The number of hydrogen-bond acceptors (Lipinski definition) is 6. The average molecular weight is 350 g/mol. The molecule has 1 saturated heterocycles. The van der Waals surface area contributed by atoms with Crippen LogP contribution in [0.5, 0.6) is 11.5 Å². The molecule has 0 aliphatic carbocycles. The molecule has 0 bridgehead atoms. The zero-order valence-electron chi connectivity index (χ0n) is 15.3. The van der Waals surface area contributed by atoms with Crippen LogP contribution in [-0.2, 0) is 11.3 Å². The minimum atomic E-state index is -0.404. The van der Waals surface area contributed by atoms with Crippen LogP contribution >= 0.6 is 0 Å². The van der Waals surface area contributed by atoms with E-state index in [1.165, 1.54) is 5.56 Å². The highest BCUT2D eigenvalue weighted by molar-refractivity contribution is 5.44. The summed E-state index contributed by atoms with van der Waals surface area (Å²) in [6.45, 7) is 11.3. The van der Waals surface area contributed by atoms with E-state index in [2.05, 4.69) is 35.8 Å². The minimum absolute atomic E-state index is 0.320. The largest absolute Gasteiger partial charge is 0.454 e. The highest BCUT2D eigenvalue weighted by atomic mass is 16.7. The standard InChI is InChI=1S/C19H30N2O4/c1-15(2)12-23-13-17(22)11-21-7-5-20(6-8-21)10-16-3-4-18-19(9-16)25-14-24-18/h3-4,9,15,17,22H,5-8,10-14H2,1-2H3. The molecule has 0 amide bonds. The summed E-state index contributed by atoms with van der Waals surface area (Å²) in [7, 11) is 0. The van der Waals surface area contributed by atoms with Gasteiger partial charge in [-0.05, 0) is 23.6 Å². The maximum absolute atomic E-state index is 10.1. The fraction of sp³-hybridized carbons (Fsp3) is 0.684. The zero-order chi connectivity index (χ0) is 17.6. The monoisotopic (exact) mass is 350 g/mol. The van der Waals surface area contributed by atoms with E-state index in [1.807, 2.05) is 6.07 Å². The van der Waals surface area contributed by atoms with Crippen molar-refractivity contribution in [2.24, 2.45) is 5.92 Å². The molecule has 0 saturated carbocycles. The molecule has 2 aliphatic heterocycles. The number of hydrogen-bond donors (Lipinski definition) is 1. The molecular formula is C19H30N2O4. The number of piperazine rings is 1. The molecule has 6 nitrogen and oxygen atoms in total. The second kappa shape index (κ2) is 8.85. The number of benzene rings is 1. The summed E-state index contributed by atoms with van der Waals surface area (Å²) in [6, 6.07) is 6.17. The van der Waals surface area contributed by atoms with Crippen molar-refractivity contribution in [2.75, 3.05) is 52.7 Å². The summed E-state index contributed by atoms with van der Waals surface area (Å²) >= 11 is 0. The Hall–Kier alpha value is -1.34. The first-order valence-electron chi connectivity index (χ1n) is 9.19. The smallest absolute Gasteiger partial charge is 0.231 e. The zero-order valence-corrected chi connectivity index (χ0v) is 15.3. The van der Waals surface area contributed by atoms with E-state index in [0.29, 0.717) is 32.5 Å². The fourth-order valence-electron chi connectivity index (χ4n) is 3.22. The Bertz CT molecular complexity index is 544. The molecule has 140 valence electrons. The van der Waals surface area contributed by atoms with Crippen molar-refractivity contribution in [3.8, 4) is 11.5 Å². The molecule has 1 aromatic rings. The van der Waals surface area contributed by atoms with E-state index in [9.17, 15) is 5.11 Å². The van der Waals surface area contributed by atoms with Crippen LogP contribution in [0.25, 0.3) is 0 Å². The summed E-state index contributed by atoms with van der Waals surface area (Å²) in [5.41, 5.74) is 1.25.